The maximum atomic E-state index is 11.9. The van der Waals surface area contributed by atoms with Gasteiger partial charge in [0.05, 0.1) is 10.7 Å². The average Bonchev–Trinajstić information content (AvgIpc) is 2.64. The molecule has 2 rings (SSSR count). The van der Waals surface area contributed by atoms with E-state index in [9.17, 15) is 9.59 Å². The first-order chi connectivity index (χ1) is 13.4. The Hall–Kier alpha value is -2.64. The van der Waals surface area contributed by atoms with Gasteiger partial charge in [0.2, 0.25) is 11.8 Å². The van der Waals surface area contributed by atoms with Crippen LogP contribution in [0.5, 0.6) is 5.75 Å². The van der Waals surface area contributed by atoms with Crippen LogP contribution < -0.4 is 15.5 Å². The topological polar surface area (TPSA) is 79.8 Å². The van der Waals surface area contributed by atoms with Crippen molar-refractivity contribution in [3.8, 4) is 5.75 Å². The summed E-state index contributed by atoms with van der Waals surface area (Å²) in [5.74, 6) is -0.315. The van der Waals surface area contributed by atoms with E-state index in [4.69, 9.17) is 16.3 Å². The summed E-state index contributed by atoms with van der Waals surface area (Å²) >= 11 is 9.41. The molecule has 0 aliphatic heterocycles. The van der Waals surface area contributed by atoms with Gasteiger partial charge in [-0.2, -0.15) is 5.10 Å². The summed E-state index contributed by atoms with van der Waals surface area (Å²) in [6.07, 6.45) is 2.76. The number of halogens is 2. The van der Waals surface area contributed by atoms with Gasteiger partial charge in [-0.15, -0.1) is 0 Å². The molecule has 0 bridgehead atoms. The molecule has 8 heteroatoms. The molecule has 0 spiro atoms. The molecule has 6 nitrogen and oxygen atoms in total. The largest absolute Gasteiger partial charge is 0.488 e. The number of carbonyl (C=O) groups excluding carboxylic acids is 2. The van der Waals surface area contributed by atoms with E-state index in [-0.39, 0.29) is 6.42 Å². The van der Waals surface area contributed by atoms with Crippen molar-refractivity contribution in [3.05, 3.63) is 69.7 Å². The number of hydrazone groups is 1. The number of nitrogens with one attached hydrogen (secondary N) is 2. The Kier molecular flexibility index (Phi) is 8.22. The van der Waals surface area contributed by atoms with Crippen LogP contribution in [0.3, 0.4) is 0 Å². The van der Waals surface area contributed by atoms with E-state index >= 15 is 0 Å². The maximum absolute atomic E-state index is 11.9. The maximum Gasteiger partial charge on any atom is 0.249 e. The predicted octanol–water partition coefficient (Wildman–Crippen LogP) is 4.45. The standard InChI is InChI=1S/C20H19BrClN3O3/c1-3-8-28-18-7-5-14(9-16(18)21)12-23-25-20(27)11-19(26)24-15-6-4-13(2)17(22)10-15/h3-7,9-10,12H,1,8,11H2,2H3,(H,24,26)(H,25,27). The smallest absolute Gasteiger partial charge is 0.249 e. The van der Waals surface area contributed by atoms with Crippen LogP contribution in [0.2, 0.25) is 5.02 Å². The molecule has 0 unspecified atom stereocenters. The highest BCUT2D eigenvalue weighted by atomic mass is 79.9. The molecule has 2 N–H and O–H groups in total. The van der Waals surface area contributed by atoms with Crippen molar-refractivity contribution in [3.63, 3.8) is 0 Å². The van der Waals surface area contributed by atoms with Gasteiger partial charge in [0.25, 0.3) is 0 Å². The Morgan fingerprint density at radius 1 is 1.25 bits per heavy atom. The molecular formula is C20H19BrClN3O3. The lowest BCUT2D eigenvalue weighted by Gasteiger charge is -2.07. The first kappa shape index (κ1) is 21.7. The number of carbonyl (C=O) groups is 2. The third kappa shape index (κ3) is 6.83. The minimum absolute atomic E-state index is 0.360. The number of hydrogen-bond acceptors (Lipinski definition) is 4. The molecule has 0 radical (unpaired) electrons. The number of amides is 2. The van der Waals surface area contributed by atoms with Gasteiger partial charge in [0, 0.05) is 10.7 Å². The highest BCUT2D eigenvalue weighted by molar-refractivity contribution is 9.10. The van der Waals surface area contributed by atoms with E-state index in [1.54, 1.807) is 42.5 Å². The van der Waals surface area contributed by atoms with Crippen LogP contribution in [0, 0.1) is 6.92 Å². The van der Waals surface area contributed by atoms with Gasteiger partial charge in [-0.3, -0.25) is 9.59 Å². The molecule has 2 aromatic carbocycles. The van der Waals surface area contributed by atoms with Crippen LogP contribution in [0.25, 0.3) is 0 Å². The first-order valence-electron chi connectivity index (χ1n) is 8.30. The number of ether oxygens (including phenoxy) is 1. The van der Waals surface area contributed by atoms with E-state index in [2.05, 4.69) is 38.4 Å². The average molecular weight is 465 g/mol. The van der Waals surface area contributed by atoms with Crippen LogP contribution >= 0.6 is 27.5 Å². The summed E-state index contributed by atoms with van der Waals surface area (Å²) in [7, 11) is 0. The highest BCUT2D eigenvalue weighted by Gasteiger charge is 2.09. The second kappa shape index (κ2) is 10.6. The van der Waals surface area contributed by atoms with Gasteiger partial charge in [-0.05, 0) is 64.3 Å². The summed E-state index contributed by atoms with van der Waals surface area (Å²) in [6, 6.07) is 10.5. The minimum atomic E-state index is -0.531. The van der Waals surface area contributed by atoms with Gasteiger partial charge < -0.3 is 10.1 Å². The molecule has 0 heterocycles. The number of hydrogen-bond donors (Lipinski definition) is 2. The van der Waals surface area contributed by atoms with Crippen molar-refractivity contribution in [2.75, 3.05) is 11.9 Å². The van der Waals surface area contributed by atoms with E-state index in [1.807, 2.05) is 6.92 Å². The first-order valence-corrected chi connectivity index (χ1v) is 9.47. The lowest BCUT2D eigenvalue weighted by molar-refractivity contribution is -0.126. The molecule has 146 valence electrons. The summed E-state index contributed by atoms with van der Waals surface area (Å²) in [6.45, 7) is 5.86. The number of aryl methyl sites for hydroxylation is 1. The number of nitrogens with zero attached hydrogens (tertiary/aromatic N) is 1. The third-order valence-corrected chi connectivity index (χ3v) is 4.52. The van der Waals surface area contributed by atoms with Crippen molar-refractivity contribution in [2.24, 2.45) is 5.10 Å². The van der Waals surface area contributed by atoms with Crippen molar-refractivity contribution in [2.45, 2.75) is 13.3 Å². The molecule has 0 aliphatic rings. The number of rotatable bonds is 8. The monoisotopic (exact) mass is 463 g/mol. The second-order valence-electron chi connectivity index (χ2n) is 5.77. The van der Waals surface area contributed by atoms with Crippen molar-refractivity contribution >= 4 is 51.2 Å². The fourth-order valence-corrected chi connectivity index (χ4v) is 2.79. The fourth-order valence-electron chi connectivity index (χ4n) is 2.10. The van der Waals surface area contributed by atoms with Gasteiger partial charge in [0.15, 0.2) is 0 Å². The summed E-state index contributed by atoms with van der Waals surface area (Å²) in [5.41, 5.74) is 4.50. The van der Waals surface area contributed by atoms with Crippen molar-refractivity contribution in [1.29, 1.82) is 0 Å². The van der Waals surface area contributed by atoms with E-state index < -0.39 is 11.8 Å². The zero-order valence-electron chi connectivity index (χ0n) is 15.2. The summed E-state index contributed by atoms with van der Waals surface area (Å²) < 4.78 is 6.21. The van der Waals surface area contributed by atoms with Crippen molar-refractivity contribution in [1.82, 2.24) is 5.43 Å². The highest BCUT2D eigenvalue weighted by Crippen LogP contribution is 2.25. The molecule has 0 saturated heterocycles. The zero-order chi connectivity index (χ0) is 20.5. The Balaban J connectivity index is 1.84. The van der Waals surface area contributed by atoms with Crippen LogP contribution in [0.1, 0.15) is 17.5 Å². The third-order valence-electron chi connectivity index (χ3n) is 3.49. The van der Waals surface area contributed by atoms with E-state index in [0.29, 0.717) is 23.1 Å². The second-order valence-corrected chi connectivity index (χ2v) is 7.03. The molecular weight excluding hydrogens is 446 g/mol. The van der Waals surface area contributed by atoms with Crippen LogP contribution in [0.4, 0.5) is 5.69 Å². The predicted molar refractivity (Wildman–Crippen MR) is 115 cm³/mol. The Bertz CT molecular complexity index is 916. The minimum Gasteiger partial charge on any atom is -0.488 e. The van der Waals surface area contributed by atoms with Crippen LogP contribution in [-0.4, -0.2) is 24.6 Å². The van der Waals surface area contributed by atoms with E-state index in [1.165, 1.54) is 6.21 Å². The van der Waals surface area contributed by atoms with Gasteiger partial charge in [-0.25, -0.2) is 5.43 Å². The molecule has 2 aromatic rings. The summed E-state index contributed by atoms with van der Waals surface area (Å²) in [5, 5.41) is 7.01. The quantitative estimate of drug-likeness (QED) is 0.262. The van der Waals surface area contributed by atoms with Crippen molar-refractivity contribution < 1.29 is 14.3 Å². The Labute approximate surface area is 176 Å². The number of benzene rings is 2. The van der Waals surface area contributed by atoms with Gasteiger partial charge in [0.1, 0.15) is 18.8 Å². The SMILES string of the molecule is C=CCOc1ccc(C=NNC(=O)CC(=O)Nc2ccc(C)c(Cl)c2)cc1Br. The molecule has 0 aromatic heterocycles. The molecule has 0 saturated carbocycles. The number of anilines is 1. The lowest BCUT2D eigenvalue weighted by Crippen LogP contribution is -2.24. The van der Waals surface area contributed by atoms with Gasteiger partial charge in [-0.1, -0.05) is 30.3 Å². The molecule has 0 fully saturated rings. The molecule has 28 heavy (non-hydrogen) atoms. The Morgan fingerprint density at radius 3 is 2.71 bits per heavy atom. The fraction of sp³-hybridized carbons (Fsp3) is 0.150. The van der Waals surface area contributed by atoms with Gasteiger partial charge >= 0.3 is 0 Å². The van der Waals surface area contributed by atoms with Crippen LogP contribution in [-0.2, 0) is 9.59 Å². The molecule has 2 amide bonds. The van der Waals surface area contributed by atoms with Crippen LogP contribution in [0.15, 0.2) is 58.6 Å². The van der Waals surface area contributed by atoms with E-state index in [0.717, 1.165) is 15.6 Å². The summed E-state index contributed by atoms with van der Waals surface area (Å²) in [4.78, 5) is 23.8. The molecule has 0 aliphatic carbocycles. The lowest BCUT2D eigenvalue weighted by atomic mass is 10.2. The molecule has 0 atom stereocenters. The Morgan fingerprint density at radius 2 is 2.04 bits per heavy atom. The zero-order valence-corrected chi connectivity index (χ0v) is 17.5. The normalized spacial score (nSPS) is 10.5.